The van der Waals surface area contributed by atoms with Gasteiger partial charge in [-0.2, -0.15) is 0 Å². The lowest BCUT2D eigenvalue weighted by Gasteiger charge is -2.38. The van der Waals surface area contributed by atoms with Gasteiger partial charge in [0.25, 0.3) is 0 Å². The smallest absolute Gasteiger partial charge is 0.0537 e. The molecule has 1 saturated carbocycles. The third kappa shape index (κ3) is 3.58. The van der Waals surface area contributed by atoms with Gasteiger partial charge < -0.3 is 10.0 Å². The van der Waals surface area contributed by atoms with E-state index >= 15 is 0 Å². The summed E-state index contributed by atoms with van der Waals surface area (Å²) in [5.41, 5.74) is 1.09. The molecule has 0 radical (unpaired) electrons. The van der Waals surface area contributed by atoms with Gasteiger partial charge in [0.1, 0.15) is 0 Å². The summed E-state index contributed by atoms with van der Waals surface area (Å²) in [6, 6.07) is 10.4. The number of hydrogen-bond donors (Lipinski definition) is 1. The largest absolute Gasteiger partial charge is 0.395 e. The van der Waals surface area contributed by atoms with Crippen molar-refractivity contribution < 1.29 is 5.11 Å². The first-order chi connectivity index (χ1) is 9.18. The summed E-state index contributed by atoms with van der Waals surface area (Å²) in [7, 11) is 0. The molecule has 0 bridgehead atoms. The normalized spacial score (nSPS) is 19.2. The Morgan fingerprint density at radius 2 is 1.95 bits per heavy atom. The molecule has 1 atom stereocenters. The molecule has 0 aliphatic heterocycles. The summed E-state index contributed by atoms with van der Waals surface area (Å²) in [4.78, 5) is 2.51. The standard InChI is InChI=1S/C17H27NO/c1-3-18(12-15-8-7-9-15)13-17(2,14-19)16-10-5-4-6-11-16/h4-6,10-11,15,19H,3,7-9,12-14H2,1-2H3. The quantitative estimate of drug-likeness (QED) is 0.815. The summed E-state index contributed by atoms with van der Waals surface area (Å²) in [6.07, 6.45) is 4.17. The average Bonchev–Trinajstić information content (AvgIpc) is 2.42. The van der Waals surface area contributed by atoms with E-state index in [1.807, 2.05) is 6.07 Å². The number of aliphatic hydroxyl groups is 1. The van der Waals surface area contributed by atoms with E-state index in [-0.39, 0.29) is 12.0 Å². The molecule has 1 unspecified atom stereocenters. The van der Waals surface area contributed by atoms with Crippen molar-refractivity contribution in [3.63, 3.8) is 0 Å². The highest BCUT2D eigenvalue weighted by Gasteiger charge is 2.29. The number of nitrogens with zero attached hydrogens (tertiary/aromatic N) is 1. The number of hydrogen-bond acceptors (Lipinski definition) is 2. The fraction of sp³-hybridized carbons (Fsp3) is 0.647. The van der Waals surface area contributed by atoms with Crippen molar-refractivity contribution >= 4 is 0 Å². The van der Waals surface area contributed by atoms with E-state index in [1.165, 1.54) is 31.4 Å². The number of rotatable bonds is 7. The molecular formula is C17H27NO. The number of likely N-dealkylation sites (N-methyl/N-ethyl adjacent to an activating group) is 1. The van der Waals surface area contributed by atoms with Crippen LogP contribution in [0, 0.1) is 5.92 Å². The maximum absolute atomic E-state index is 9.86. The van der Waals surface area contributed by atoms with Crippen molar-refractivity contribution in [2.75, 3.05) is 26.2 Å². The molecule has 1 aromatic rings. The van der Waals surface area contributed by atoms with Crippen molar-refractivity contribution in [3.8, 4) is 0 Å². The first kappa shape index (κ1) is 14.5. The average molecular weight is 261 g/mol. The molecule has 1 aliphatic rings. The van der Waals surface area contributed by atoms with Crippen LogP contribution in [0.1, 0.15) is 38.7 Å². The molecule has 0 aromatic heterocycles. The minimum Gasteiger partial charge on any atom is -0.395 e. The molecule has 2 nitrogen and oxygen atoms in total. The van der Waals surface area contributed by atoms with Gasteiger partial charge in [-0.3, -0.25) is 0 Å². The molecule has 1 fully saturated rings. The minimum absolute atomic E-state index is 0.152. The Morgan fingerprint density at radius 1 is 1.26 bits per heavy atom. The lowest BCUT2D eigenvalue weighted by Crippen LogP contribution is -2.44. The van der Waals surface area contributed by atoms with Crippen LogP contribution in [-0.4, -0.2) is 36.2 Å². The van der Waals surface area contributed by atoms with Crippen LogP contribution in [0.2, 0.25) is 0 Å². The fourth-order valence-corrected chi connectivity index (χ4v) is 2.91. The Morgan fingerprint density at radius 3 is 2.42 bits per heavy atom. The SMILES string of the molecule is CCN(CC1CCC1)CC(C)(CO)c1ccccc1. The Kier molecular flexibility index (Phi) is 5.00. The second-order valence-electron chi connectivity index (χ2n) is 6.21. The van der Waals surface area contributed by atoms with E-state index in [2.05, 4.69) is 43.0 Å². The lowest BCUT2D eigenvalue weighted by molar-refractivity contribution is 0.119. The van der Waals surface area contributed by atoms with E-state index < -0.39 is 0 Å². The van der Waals surface area contributed by atoms with Gasteiger partial charge in [0, 0.05) is 18.5 Å². The summed E-state index contributed by atoms with van der Waals surface area (Å²) >= 11 is 0. The first-order valence-corrected chi connectivity index (χ1v) is 7.56. The van der Waals surface area contributed by atoms with Crippen LogP contribution in [0.15, 0.2) is 30.3 Å². The Labute approximate surface area is 117 Å². The highest BCUT2D eigenvalue weighted by molar-refractivity contribution is 5.25. The molecule has 0 spiro atoms. The zero-order valence-corrected chi connectivity index (χ0v) is 12.3. The molecule has 0 heterocycles. The maximum Gasteiger partial charge on any atom is 0.0537 e. The van der Waals surface area contributed by atoms with Gasteiger partial charge in [0.15, 0.2) is 0 Å². The number of benzene rings is 1. The van der Waals surface area contributed by atoms with Gasteiger partial charge in [0.05, 0.1) is 6.61 Å². The maximum atomic E-state index is 9.86. The van der Waals surface area contributed by atoms with Crippen LogP contribution < -0.4 is 0 Å². The fourth-order valence-electron chi connectivity index (χ4n) is 2.91. The van der Waals surface area contributed by atoms with E-state index in [4.69, 9.17) is 0 Å². The van der Waals surface area contributed by atoms with Gasteiger partial charge in [-0.25, -0.2) is 0 Å². The zero-order chi connectivity index (χ0) is 13.7. The van der Waals surface area contributed by atoms with Crippen molar-refractivity contribution in [1.29, 1.82) is 0 Å². The van der Waals surface area contributed by atoms with Gasteiger partial charge in [-0.05, 0) is 30.9 Å². The zero-order valence-electron chi connectivity index (χ0n) is 12.3. The Balaban J connectivity index is 2.03. The Hall–Kier alpha value is -0.860. The third-order valence-corrected chi connectivity index (χ3v) is 4.58. The summed E-state index contributed by atoms with van der Waals surface area (Å²) in [5.74, 6) is 0.888. The van der Waals surface area contributed by atoms with Gasteiger partial charge in [-0.1, -0.05) is 50.6 Å². The molecule has 106 valence electrons. The molecule has 0 amide bonds. The van der Waals surface area contributed by atoms with Crippen LogP contribution in [0.5, 0.6) is 0 Å². The molecular weight excluding hydrogens is 234 g/mol. The first-order valence-electron chi connectivity index (χ1n) is 7.56. The van der Waals surface area contributed by atoms with Gasteiger partial charge >= 0.3 is 0 Å². The van der Waals surface area contributed by atoms with Crippen LogP contribution in [0.4, 0.5) is 0 Å². The van der Waals surface area contributed by atoms with Crippen molar-refractivity contribution in [1.82, 2.24) is 4.90 Å². The van der Waals surface area contributed by atoms with Crippen LogP contribution in [0.25, 0.3) is 0 Å². The highest BCUT2D eigenvalue weighted by atomic mass is 16.3. The lowest BCUT2D eigenvalue weighted by atomic mass is 9.81. The van der Waals surface area contributed by atoms with Crippen molar-refractivity contribution in [3.05, 3.63) is 35.9 Å². The predicted octanol–water partition coefficient (Wildman–Crippen LogP) is 3.06. The van der Waals surface area contributed by atoms with Gasteiger partial charge in [0.2, 0.25) is 0 Å². The monoisotopic (exact) mass is 261 g/mol. The van der Waals surface area contributed by atoms with E-state index in [1.54, 1.807) is 0 Å². The molecule has 1 aliphatic carbocycles. The van der Waals surface area contributed by atoms with E-state index in [0.29, 0.717) is 0 Å². The van der Waals surface area contributed by atoms with Gasteiger partial charge in [-0.15, -0.1) is 0 Å². The molecule has 19 heavy (non-hydrogen) atoms. The molecule has 1 N–H and O–H groups in total. The molecule has 0 saturated heterocycles. The van der Waals surface area contributed by atoms with E-state index in [9.17, 15) is 5.11 Å². The highest BCUT2D eigenvalue weighted by Crippen LogP contribution is 2.29. The van der Waals surface area contributed by atoms with Crippen LogP contribution >= 0.6 is 0 Å². The Bertz CT molecular complexity index is 374. The van der Waals surface area contributed by atoms with E-state index in [0.717, 1.165) is 19.0 Å². The third-order valence-electron chi connectivity index (χ3n) is 4.58. The predicted molar refractivity (Wildman–Crippen MR) is 80.3 cm³/mol. The van der Waals surface area contributed by atoms with Crippen molar-refractivity contribution in [2.24, 2.45) is 5.92 Å². The van der Waals surface area contributed by atoms with Crippen molar-refractivity contribution in [2.45, 2.75) is 38.5 Å². The minimum atomic E-state index is -0.152. The second kappa shape index (κ2) is 6.53. The summed E-state index contributed by atoms with van der Waals surface area (Å²) < 4.78 is 0. The summed E-state index contributed by atoms with van der Waals surface area (Å²) in [5, 5.41) is 9.86. The summed E-state index contributed by atoms with van der Waals surface area (Å²) in [6.45, 7) is 7.81. The van der Waals surface area contributed by atoms with Crippen LogP contribution in [0.3, 0.4) is 0 Å². The number of aliphatic hydroxyl groups excluding tert-OH is 1. The second-order valence-corrected chi connectivity index (χ2v) is 6.21. The molecule has 1 aromatic carbocycles. The molecule has 2 rings (SSSR count). The van der Waals surface area contributed by atoms with Crippen LogP contribution in [-0.2, 0) is 5.41 Å². The molecule has 2 heteroatoms. The topological polar surface area (TPSA) is 23.5 Å².